The third kappa shape index (κ3) is 8.85. The predicted molar refractivity (Wildman–Crippen MR) is 148 cm³/mol. The van der Waals surface area contributed by atoms with Gasteiger partial charge in [0.15, 0.2) is 0 Å². The lowest BCUT2D eigenvalue weighted by molar-refractivity contribution is -0.138. The van der Waals surface area contributed by atoms with E-state index in [9.17, 15) is 24.3 Å². The Morgan fingerprint density at radius 1 is 0.923 bits per heavy atom. The Bertz CT molecular complexity index is 1310. The number of aryl methyl sites for hydroxylation is 1. The molecule has 0 saturated heterocycles. The van der Waals surface area contributed by atoms with Gasteiger partial charge in [-0.2, -0.15) is 0 Å². The van der Waals surface area contributed by atoms with E-state index in [2.05, 4.69) is 31.6 Å². The van der Waals surface area contributed by atoms with Gasteiger partial charge in [0.25, 0.3) is 0 Å². The highest BCUT2D eigenvalue weighted by atomic mass is 16.4. The van der Waals surface area contributed by atoms with E-state index in [4.69, 9.17) is 0 Å². The first-order valence-corrected chi connectivity index (χ1v) is 12.2. The number of carbonyl (C=O) groups excluding carboxylic acids is 3. The van der Waals surface area contributed by atoms with Gasteiger partial charge < -0.3 is 31.7 Å². The van der Waals surface area contributed by atoms with Crippen molar-refractivity contribution in [2.24, 2.45) is 0 Å². The fourth-order valence-electron chi connectivity index (χ4n) is 3.69. The highest BCUT2D eigenvalue weighted by Gasteiger charge is 2.28. The number of aromatic nitrogens is 1. The normalized spacial score (nSPS) is 11.6. The van der Waals surface area contributed by atoms with Crippen LogP contribution in [-0.4, -0.2) is 46.0 Å². The Labute approximate surface area is 226 Å². The Morgan fingerprint density at radius 3 is 2.26 bits per heavy atom. The van der Waals surface area contributed by atoms with E-state index in [0.29, 0.717) is 22.6 Å². The number of nitrogens with one attached hydrogen (secondary N) is 5. The second-order valence-electron chi connectivity index (χ2n) is 9.41. The van der Waals surface area contributed by atoms with E-state index in [1.54, 1.807) is 56.4 Å². The minimum atomic E-state index is -1.08. The summed E-state index contributed by atoms with van der Waals surface area (Å²) in [6.07, 6.45) is 2.71. The molecule has 11 heteroatoms. The molecule has 39 heavy (non-hydrogen) atoms. The third-order valence-electron chi connectivity index (χ3n) is 5.77. The van der Waals surface area contributed by atoms with E-state index in [0.717, 1.165) is 5.56 Å². The summed E-state index contributed by atoms with van der Waals surface area (Å²) < 4.78 is 0. The number of carboxylic acids is 1. The van der Waals surface area contributed by atoms with Crippen LogP contribution in [0.4, 0.5) is 21.9 Å². The summed E-state index contributed by atoms with van der Waals surface area (Å²) in [6.45, 7) is 4.88. The van der Waals surface area contributed by atoms with Gasteiger partial charge in [-0.3, -0.25) is 19.4 Å². The smallest absolute Gasteiger partial charge is 0.323 e. The highest BCUT2D eigenvalue weighted by Crippen LogP contribution is 2.20. The zero-order chi connectivity index (χ0) is 28.4. The Hall–Kier alpha value is -4.93. The lowest BCUT2D eigenvalue weighted by Gasteiger charge is -2.26. The monoisotopic (exact) mass is 532 g/mol. The number of hydrogen-bond acceptors (Lipinski definition) is 6. The zero-order valence-corrected chi connectivity index (χ0v) is 21.9. The van der Waals surface area contributed by atoms with Crippen molar-refractivity contribution >= 4 is 40.9 Å². The van der Waals surface area contributed by atoms with Crippen LogP contribution in [0.1, 0.15) is 37.4 Å². The Balaban J connectivity index is 1.50. The average Bonchev–Trinajstić information content (AvgIpc) is 2.89. The molecule has 6 N–H and O–H groups in total. The fraction of sp³-hybridized carbons (Fsp3) is 0.250. The average molecular weight is 533 g/mol. The molecule has 1 unspecified atom stereocenters. The van der Waals surface area contributed by atoms with Gasteiger partial charge in [0.05, 0.1) is 19.0 Å². The van der Waals surface area contributed by atoms with Crippen LogP contribution in [0.3, 0.4) is 0 Å². The molecule has 2 aromatic carbocycles. The van der Waals surface area contributed by atoms with E-state index in [-0.39, 0.29) is 19.0 Å². The van der Waals surface area contributed by atoms with Gasteiger partial charge in [0.2, 0.25) is 11.8 Å². The number of rotatable bonds is 11. The Morgan fingerprint density at radius 2 is 1.62 bits per heavy atom. The molecule has 3 rings (SSSR count). The molecule has 0 aliphatic heterocycles. The molecule has 11 nitrogen and oxygen atoms in total. The van der Waals surface area contributed by atoms with Gasteiger partial charge >= 0.3 is 12.0 Å². The van der Waals surface area contributed by atoms with Crippen molar-refractivity contribution in [3.05, 3.63) is 84.2 Å². The van der Waals surface area contributed by atoms with Crippen LogP contribution in [0.15, 0.2) is 73.1 Å². The maximum atomic E-state index is 12.8. The van der Waals surface area contributed by atoms with E-state index in [1.165, 1.54) is 6.20 Å². The SMILES string of the molecule is Cc1ccccc1NC(=O)Nc1ccc(NC(C)(C)C(=O)NCC(=O)NC(CC(=O)O)c2cccnc2)cc1. The second-order valence-corrected chi connectivity index (χ2v) is 9.41. The molecule has 4 amide bonds. The summed E-state index contributed by atoms with van der Waals surface area (Å²) in [7, 11) is 0. The molecular formula is C28H32N6O5. The summed E-state index contributed by atoms with van der Waals surface area (Å²) in [6, 6.07) is 16.4. The van der Waals surface area contributed by atoms with Gasteiger partial charge in [0.1, 0.15) is 5.54 Å². The number of hydrogen-bond donors (Lipinski definition) is 6. The molecule has 0 fully saturated rings. The van der Waals surface area contributed by atoms with Crippen LogP contribution in [0.25, 0.3) is 0 Å². The van der Waals surface area contributed by atoms with Crippen molar-refractivity contribution in [2.75, 3.05) is 22.5 Å². The quantitative estimate of drug-likeness (QED) is 0.220. The molecule has 3 aromatic rings. The summed E-state index contributed by atoms with van der Waals surface area (Å²) in [5.41, 5.74) is 2.31. The maximum absolute atomic E-state index is 12.8. The van der Waals surface area contributed by atoms with Crippen LogP contribution >= 0.6 is 0 Å². The summed E-state index contributed by atoms with van der Waals surface area (Å²) in [5.74, 6) is -2.05. The van der Waals surface area contributed by atoms with Crippen molar-refractivity contribution in [2.45, 2.75) is 38.8 Å². The van der Waals surface area contributed by atoms with Crippen molar-refractivity contribution < 1.29 is 24.3 Å². The van der Waals surface area contributed by atoms with Crippen molar-refractivity contribution in [1.82, 2.24) is 15.6 Å². The molecule has 204 valence electrons. The number of para-hydroxylation sites is 1. The number of urea groups is 1. The molecule has 0 aliphatic carbocycles. The predicted octanol–water partition coefficient (Wildman–Crippen LogP) is 3.67. The molecule has 0 aliphatic rings. The lowest BCUT2D eigenvalue weighted by Crippen LogP contribution is -2.50. The first kappa shape index (κ1) is 28.6. The summed E-state index contributed by atoms with van der Waals surface area (Å²) in [5, 5.41) is 23.0. The first-order chi connectivity index (χ1) is 18.5. The van der Waals surface area contributed by atoms with Gasteiger partial charge in [0, 0.05) is 29.5 Å². The summed E-state index contributed by atoms with van der Waals surface area (Å²) >= 11 is 0. The summed E-state index contributed by atoms with van der Waals surface area (Å²) in [4.78, 5) is 52.7. The number of amides is 4. The van der Waals surface area contributed by atoms with Gasteiger partial charge in [-0.05, 0) is 68.3 Å². The molecule has 0 saturated carbocycles. The number of anilines is 3. The minimum Gasteiger partial charge on any atom is -0.481 e. The number of aliphatic carboxylic acids is 1. The van der Waals surface area contributed by atoms with Gasteiger partial charge in [-0.25, -0.2) is 4.79 Å². The van der Waals surface area contributed by atoms with E-state index >= 15 is 0 Å². The van der Waals surface area contributed by atoms with Crippen molar-refractivity contribution in [3.63, 3.8) is 0 Å². The van der Waals surface area contributed by atoms with Gasteiger partial charge in [-0.15, -0.1) is 0 Å². The third-order valence-corrected chi connectivity index (χ3v) is 5.77. The molecule has 0 spiro atoms. The van der Waals surface area contributed by atoms with Crippen LogP contribution in [0.2, 0.25) is 0 Å². The van der Waals surface area contributed by atoms with Crippen molar-refractivity contribution in [3.8, 4) is 0 Å². The lowest BCUT2D eigenvalue weighted by atomic mass is 10.0. The van der Waals surface area contributed by atoms with Gasteiger partial charge in [-0.1, -0.05) is 24.3 Å². The topological polar surface area (TPSA) is 162 Å². The minimum absolute atomic E-state index is 0.323. The molecular weight excluding hydrogens is 500 g/mol. The number of nitrogens with zero attached hydrogens (tertiary/aromatic N) is 1. The van der Waals surface area contributed by atoms with Crippen LogP contribution in [0.5, 0.6) is 0 Å². The van der Waals surface area contributed by atoms with E-state index < -0.39 is 29.4 Å². The maximum Gasteiger partial charge on any atom is 0.323 e. The fourth-order valence-corrected chi connectivity index (χ4v) is 3.69. The standard InChI is InChI=1S/C28H32N6O5/c1-18-7-4-5-9-22(18)33-27(39)31-20-10-12-21(13-11-20)34-28(2,3)26(38)30-17-24(35)32-23(15-25(36)37)19-8-6-14-29-16-19/h4-14,16,23,34H,15,17H2,1-3H3,(H,30,38)(H,32,35)(H,36,37)(H2,31,33,39). The largest absolute Gasteiger partial charge is 0.481 e. The number of carboxylic acid groups (broad SMARTS) is 1. The molecule has 1 aromatic heterocycles. The van der Waals surface area contributed by atoms with Crippen LogP contribution in [-0.2, 0) is 14.4 Å². The molecule has 1 atom stereocenters. The van der Waals surface area contributed by atoms with Crippen LogP contribution < -0.4 is 26.6 Å². The van der Waals surface area contributed by atoms with Crippen LogP contribution in [0, 0.1) is 6.92 Å². The number of benzene rings is 2. The zero-order valence-electron chi connectivity index (χ0n) is 21.9. The molecule has 0 radical (unpaired) electrons. The Kier molecular flexibility index (Phi) is 9.58. The highest BCUT2D eigenvalue weighted by molar-refractivity contribution is 6.00. The molecule has 0 bridgehead atoms. The first-order valence-electron chi connectivity index (χ1n) is 12.2. The van der Waals surface area contributed by atoms with E-state index in [1.807, 2.05) is 31.2 Å². The van der Waals surface area contributed by atoms with Crippen molar-refractivity contribution in [1.29, 1.82) is 0 Å². The number of carbonyl (C=O) groups is 4. The molecule has 1 heterocycles. The second kappa shape index (κ2) is 13.0. The number of pyridine rings is 1.